The van der Waals surface area contributed by atoms with Crippen LogP contribution < -0.4 is 15.5 Å². The van der Waals surface area contributed by atoms with Crippen LogP contribution in [0.5, 0.6) is 0 Å². The van der Waals surface area contributed by atoms with E-state index in [1.807, 2.05) is 12.1 Å². The predicted octanol–water partition coefficient (Wildman–Crippen LogP) is 3.24. The first-order valence-electron chi connectivity index (χ1n) is 9.22. The minimum Gasteiger partial charge on any atom is -0.374 e. The molecule has 5 nitrogen and oxygen atoms in total. The normalized spacial score (nSPS) is 13.8. The van der Waals surface area contributed by atoms with Crippen LogP contribution in [0.15, 0.2) is 47.7 Å². The van der Waals surface area contributed by atoms with Crippen LogP contribution >= 0.6 is 24.0 Å². The minimum absolute atomic E-state index is 0. The Bertz CT molecular complexity index is 696. The van der Waals surface area contributed by atoms with Crippen LogP contribution in [0.4, 0.5) is 5.69 Å². The zero-order valence-electron chi connectivity index (χ0n) is 15.7. The predicted molar refractivity (Wildman–Crippen MR) is 121 cm³/mol. The Morgan fingerprint density at radius 2 is 2.00 bits per heavy atom. The van der Waals surface area contributed by atoms with E-state index in [0.29, 0.717) is 6.54 Å². The van der Waals surface area contributed by atoms with Gasteiger partial charge in [0, 0.05) is 51.3 Å². The van der Waals surface area contributed by atoms with Gasteiger partial charge in [-0.1, -0.05) is 12.1 Å². The molecule has 0 unspecified atom stereocenters. The van der Waals surface area contributed by atoms with Crippen LogP contribution in [0.3, 0.4) is 0 Å². The number of hydrogen-bond donors (Lipinski definition) is 2. The maximum atomic E-state index is 4.74. The van der Waals surface area contributed by atoms with E-state index in [2.05, 4.69) is 64.7 Å². The van der Waals surface area contributed by atoms with Crippen LogP contribution in [-0.4, -0.2) is 37.2 Å². The van der Waals surface area contributed by atoms with E-state index >= 15 is 0 Å². The van der Waals surface area contributed by atoms with Crippen LogP contribution in [0.1, 0.15) is 24.5 Å². The van der Waals surface area contributed by atoms with Crippen molar-refractivity contribution in [2.24, 2.45) is 4.99 Å². The number of halogens is 1. The molecule has 2 N–H and O–H groups in total. The topological polar surface area (TPSA) is 44.6 Å². The maximum absolute atomic E-state index is 4.74. The minimum atomic E-state index is 0. The lowest BCUT2D eigenvalue weighted by Gasteiger charge is -2.27. The quantitative estimate of drug-likeness (QED) is 0.390. The highest BCUT2D eigenvalue weighted by atomic mass is 127. The molecule has 142 valence electrons. The number of nitrogens with one attached hydrogen (secondary N) is 2. The van der Waals surface area contributed by atoms with Crippen molar-refractivity contribution in [3.05, 3.63) is 53.9 Å². The first-order chi connectivity index (χ1) is 12.3. The number of aliphatic imine (C=N–C) groups is 1. The highest BCUT2D eigenvalue weighted by Gasteiger charge is 2.13. The highest BCUT2D eigenvalue weighted by molar-refractivity contribution is 14.0. The van der Waals surface area contributed by atoms with Gasteiger partial charge in [0.25, 0.3) is 0 Å². The summed E-state index contributed by atoms with van der Waals surface area (Å²) in [4.78, 5) is 7.09. The number of aromatic nitrogens is 1. The molecule has 0 amide bonds. The Balaban J connectivity index is 0.00000243. The molecule has 1 aromatic heterocycles. The molecule has 0 spiro atoms. The molecule has 0 bridgehead atoms. The summed E-state index contributed by atoms with van der Waals surface area (Å²) in [5.74, 6) is 0.879. The molecule has 2 aromatic rings. The monoisotopic (exact) mass is 467 g/mol. The van der Waals surface area contributed by atoms with E-state index in [1.54, 1.807) is 0 Å². The smallest absolute Gasteiger partial charge is 0.191 e. The summed E-state index contributed by atoms with van der Waals surface area (Å²) >= 11 is 0. The van der Waals surface area contributed by atoms with Gasteiger partial charge in [0.15, 0.2) is 5.96 Å². The molecule has 0 atom stereocenters. The third-order valence-electron chi connectivity index (χ3n) is 4.59. The van der Waals surface area contributed by atoms with Crippen molar-refractivity contribution in [2.75, 3.05) is 31.6 Å². The molecule has 0 radical (unpaired) electrons. The summed E-state index contributed by atoms with van der Waals surface area (Å²) in [6.07, 6.45) is 6.57. The van der Waals surface area contributed by atoms with Crippen LogP contribution in [0, 0.1) is 0 Å². The third kappa shape index (κ3) is 5.65. The maximum Gasteiger partial charge on any atom is 0.191 e. The molecule has 1 aromatic carbocycles. The van der Waals surface area contributed by atoms with E-state index in [0.717, 1.165) is 32.1 Å². The average Bonchev–Trinajstić information content (AvgIpc) is 3.13. The molecule has 26 heavy (non-hydrogen) atoms. The van der Waals surface area contributed by atoms with Gasteiger partial charge in [-0.15, -0.1) is 24.0 Å². The largest absolute Gasteiger partial charge is 0.374 e. The van der Waals surface area contributed by atoms with Gasteiger partial charge in [0.05, 0.1) is 6.54 Å². The van der Waals surface area contributed by atoms with Gasteiger partial charge in [-0.25, -0.2) is 4.99 Å². The summed E-state index contributed by atoms with van der Waals surface area (Å²) < 4.78 is 2.16. The van der Waals surface area contributed by atoms with Gasteiger partial charge in [-0.05, 0) is 49.1 Å². The summed E-state index contributed by atoms with van der Waals surface area (Å²) in [5, 5.41) is 6.73. The molecule has 0 saturated heterocycles. The van der Waals surface area contributed by atoms with Gasteiger partial charge in [-0.3, -0.25) is 0 Å². The Morgan fingerprint density at radius 3 is 2.77 bits per heavy atom. The van der Waals surface area contributed by atoms with E-state index in [-0.39, 0.29) is 24.0 Å². The fourth-order valence-corrected chi connectivity index (χ4v) is 3.27. The van der Waals surface area contributed by atoms with Crippen molar-refractivity contribution >= 4 is 35.6 Å². The lowest BCUT2D eigenvalue weighted by molar-refractivity contribution is 0.665. The number of hydrogen-bond acceptors (Lipinski definition) is 2. The van der Waals surface area contributed by atoms with Gasteiger partial charge in [0.2, 0.25) is 0 Å². The molecule has 3 rings (SSSR count). The number of benzene rings is 1. The fraction of sp³-hybridized carbons (Fsp3) is 0.450. The molecule has 0 fully saturated rings. The van der Waals surface area contributed by atoms with Crippen molar-refractivity contribution in [3.8, 4) is 0 Å². The number of fused-ring (bicyclic) bond motifs is 1. The van der Waals surface area contributed by atoms with Crippen molar-refractivity contribution in [2.45, 2.75) is 32.9 Å². The van der Waals surface area contributed by atoms with Gasteiger partial charge >= 0.3 is 0 Å². The Hall–Kier alpha value is -1.70. The Kier molecular flexibility index (Phi) is 8.28. The Labute approximate surface area is 173 Å². The summed E-state index contributed by atoms with van der Waals surface area (Å²) in [7, 11) is 2.17. The van der Waals surface area contributed by atoms with Gasteiger partial charge in [0.1, 0.15) is 0 Å². The van der Waals surface area contributed by atoms with Crippen LogP contribution in [0.25, 0.3) is 0 Å². The number of anilines is 1. The van der Waals surface area contributed by atoms with Gasteiger partial charge in [-0.2, -0.15) is 0 Å². The summed E-state index contributed by atoms with van der Waals surface area (Å²) in [5.41, 5.74) is 4.10. The van der Waals surface area contributed by atoms with Crippen molar-refractivity contribution < 1.29 is 0 Å². The number of nitrogens with zero attached hydrogens (tertiary/aromatic N) is 3. The third-order valence-corrected chi connectivity index (χ3v) is 4.59. The fourth-order valence-electron chi connectivity index (χ4n) is 3.27. The summed E-state index contributed by atoms with van der Waals surface area (Å²) in [6, 6.07) is 10.9. The van der Waals surface area contributed by atoms with E-state index < -0.39 is 0 Å². The zero-order valence-corrected chi connectivity index (χ0v) is 18.1. The molecule has 6 heteroatoms. The average molecular weight is 467 g/mol. The number of guanidine groups is 1. The zero-order chi connectivity index (χ0) is 17.5. The first kappa shape index (κ1) is 20.6. The molecular weight excluding hydrogens is 437 g/mol. The summed E-state index contributed by atoms with van der Waals surface area (Å²) in [6.45, 7) is 6.61. The van der Waals surface area contributed by atoms with Crippen molar-refractivity contribution in [1.82, 2.24) is 15.2 Å². The number of aryl methyl sites for hydroxylation is 1. The molecule has 1 aliphatic heterocycles. The second-order valence-corrected chi connectivity index (χ2v) is 6.53. The molecule has 0 aliphatic carbocycles. The standard InChI is InChI=1S/C20H29N5.HI/c1-3-21-20(22-10-14-25-12-4-5-13-25)23-16-17-8-9-19-18(15-17)7-6-11-24(19)2;/h4-5,8-9,12-13,15H,3,6-7,10-11,14,16H2,1-2H3,(H2,21,22,23);1H. The molecule has 1 aliphatic rings. The lowest BCUT2D eigenvalue weighted by atomic mass is 10.00. The van der Waals surface area contributed by atoms with Gasteiger partial charge < -0.3 is 20.1 Å². The first-order valence-corrected chi connectivity index (χ1v) is 9.22. The van der Waals surface area contributed by atoms with Crippen molar-refractivity contribution in [3.63, 3.8) is 0 Å². The van der Waals surface area contributed by atoms with E-state index in [1.165, 1.54) is 29.7 Å². The molecule has 2 heterocycles. The van der Waals surface area contributed by atoms with E-state index in [9.17, 15) is 0 Å². The molecule has 0 saturated carbocycles. The molecular formula is C20H30IN5. The van der Waals surface area contributed by atoms with Crippen molar-refractivity contribution in [1.29, 1.82) is 0 Å². The highest BCUT2D eigenvalue weighted by Crippen LogP contribution is 2.26. The second kappa shape index (κ2) is 10.4. The number of rotatable bonds is 6. The van der Waals surface area contributed by atoms with Crippen LogP contribution in [-0.2, 0) is 19.5 Å². The second-order valence-electron chi connectivity index (χ2n) is 6.53. The SMILES string of the molecule is CCNC(=NCc1ccc2c(c1)CCCN2C)NCCn1cccc1.I. The lowest BCUT2D eigenvalue weighted by Crippen LogP contribution is -2.38. The van der Waals surface area contributed by atoms with Crippen LogP contribution in [0.2, 0.25) is 0 Å². The van der Waals surface area contributed by atoms with E-state index in [4.69, 9.17) is 4.99 Å². The Morgan fingerprint density at radius 1 is 1.19 bits per heavy atom.